The molecule has 11 heteroatoms. The quantitative estimate of drug-likeness (QED) is 0.504. The Morgan fingerprint density at radius 2 is 2.23 bits per heavy atom. The molecular weight excluding hydrogens is 454 g/mol. The lowest BCUT2D eigenvalue weighted by atomic mass is 10.1. The molecule has 1 amide bonds. The monoisotopic (exact) mass is 475 g/mol. The average Bonchev–Trinajstić information content (AvgIpc) is 3.38. The average molecular weight is 476 g/mol. The van der Waals surface area contributed by atoms with Crippen LogP contribution in [-0.4, -0.2) is 29.6 Å². The minimum absolute atomic E-state index is 0.00483. The van der Waals surface area contributed by atoms with Crippen molar-refractivity contribution in [2.24, 2.45) is 5.14 Å². The molecular formula is C20H21N5O3S3. The highest BCUT2D eigenvalue weighted by Gasteiger charge is 2.23. The van der Waals surface area contributed by atoms with Gasteiger partial charge in [0.1, 0.15) is 11.1 Å². The molecule has 3 aromatic rings. The van der Waals surface area contributed by atoms with Gasteiger partial charge >= 0.3 is 0 Å². The lowest BCUT2D eigenvalue weighted by Crippen LogP contribution is -2.14. The van der Waals surface area contributed by atoms with Gasteiger partial charge in [0.15, 0.2) is 5.16 Å². The SMILES string of the molecule is CCCn1c(SCC(=O)Nc2sc3c(c2C#N)CCC3)nc2cc(S(N)(=O)=O)ccc21. The zero-order valence-electron chi connectivity index (χ0n) is 16.8. The molecule has 0 fully saturated rings. The standard InChI is InChI=1S/C20H21N5O3S3/c1-2-8-25-16-7-6-12(31(22,27)28)9-15(16)23-20(25)29-11-18(26)24-19-14(10-21)13-4-3-5-17(13)30-19/h6-7,9H,2-5,8,11H2,1H3,(H,24,26)(H2,22,27,28). The molecule has 31 heavy (non-hydrogen) atoms. The highest BCUT2D eigenvalue weighted by molar-refractivity contribution is 7.99. The van der Waals surface area contributed by atoms with E-state index in [-0.39, 0.29) is 16.6 Å². The molecule has 1 aliphatic carbocycles. The van der Waals surface area contributed by atoms with Gasteiger partial charge in [-0.15, -0.1) is 11.3 Å². The van der Waals surface area contributed by atoms with Crippen molar-refractivity contribution < 1.29 is 13.2 Å². The van der Waals surface area contributed by atoms with Gasteiger partial charge in [0.2, 0.25) is 15.9 Å². The number of sulfonamides is 1. The number of benzene rings is 1. The normalized spacial score (nSPS) is 13.3. The van der Waals surface area contributed by atoms with E-state index in [0.717, 1.165) is 36.8 Å². The van der Waals surface area contributed by atoms with Crippen molar-refractivity contribution in [2.45, 2.75) is 49.2 Å². The van der Waals surface area contributed by atoms with E-state index >= 15 is 0 Å². The number of nitrogens with one attached hydrogen (secondary N) is 1. The van der Waals surface area contributed by atoms with Crippen LogP contribution in [-0.2, 0) is 34.2 Å². The lowest BCUT2D eigenvalue weighted by molar-refractivity contribution is -0.113. The van der Waals surface area contributed by atoms with Gasteiger partial charge in [-0.25, -0.2) is 18.5 Å². The van der Waals surface area contributed by atoms with Crippen LogP contribution in [0.1, 0.15) is 35.8 Å². The fourth-order valence-electron chi connectivity index (χ4n) is 3.72. The van der Waals surface area contributed by atoms with Gasteiger partial charge in [-0.1, -0.05) is 18.7 Å². The molecule has 0 spiro atoms. The third-order valence-corrected chi connectivity index (χ3v) is 8.17. The summed E-state index contributed by atoms with van der Waals surface area (Å²) in [5.41, 5.74) is 2.97. The molecule has 0 radical (unpaired) electrons. The second-order valence-electron chi connectivity index (χ2n) is 7.25. The van der Waals surface area contributed by atoms with E-state index in [1.807, 2.05) is 11.5 Å². The topological polar surface area (TPSA) is 131 Å². The van der Waals surface area contributed by atoms with E-state index in [1.54, 1.807) is 6.07 Å². The molecule has 1 aliphatic rings. The molecule has 3 N–H and O–H groups in total. The van der Waals surface area contributed by atoms with Crippen LogP contribution in [0.4, 0.5) is 5.00 Å². The Labute approximate surface area is 188 Å². The first-order valence-electron chi connectivity index (χ1n) is 9.82. The maximum atomic E-state index is 12.6. The number of carbonyl (C=O) groups is 1. The molecule has 1 aromatic carbocycles. The van der Waals surface area contributed by atoms with Gasteiger partial charge in [0.05, 0.1) is 27.2 Å². The number of hydrogen-bond donors (Lipinski definition) is 2. The first-order valence-corrected chi connectivity index (χ1v) is 13.2. The number of nitriles is 1. The smallest absolute Gasteiger partial charge is 0.238 e. The summed E-state index contributed by atoms with van der Waals surface area (Å²) in [6.07, 6.45) is 3.76. The number of nitrogens with two attached hydrogens (primary N) is 1. The Kier molecular flexibility index (Phi) is 6.07. The fraction of sp³-hybridized carbons (Fsp3) is 0.350. The molecule has 8 nitrogen and oxygen atoms in total. The number of thioether (sulfide) groups is 1. The second-order valence-corrected chi connectivity index (χ2v) is 10.9. The van der Waals surface area contributed by atoms with Crippen LogP contribution in [0.15, 0.2) is 28.3 Å². The van der Waals surface area contributed by atoms with Gasteiger partial charge in [-0.05, 0) is 49.4 Å². The molecule has 4 rings (SSSR count). The number of carbonyl (C=O) groups excluding carboxylic acids is 1. The Balaban J connectivity index is 1.54. The highest BCUT2D eigenvalue weighted by Crippen LogP contribution is 2.38. The number of fused-ring (bicyclic) bond motifs is 2. The van der Waals surface area contributed by atoms with Crippen molar-refractivity contribution >= 4 is 55.1 Å². The van der Waals surface area contributed by atoms with Crippen LogP contribution in [0.5, 0.6) is 0 Å². The summed E-state index contributed by atoms with van der Waals surface area (Å²) in [4.78, 5) is 18.3. The Hall–Kier alpha value is -2.39. The van der Waals surface area contributed by atoms with Crippen LogP contribution in [0.2, 0.25) is 0 Å². The Morgan fingerprint density at radius 1 is 1.42 bits per heavy atom. The molecule has 0 saturated heterocycles. The summed E-state index contributed by atoms with van der Waals surface area (Å²) in [5.74, 6) is -0.0792. The van der Waals surface area contributed by atoms with Crippen LogP contribution in [0.25, 0.3) is 11.0 Å². The number of rotatable bonds is 7. The number of amides is 1. The summed E-state index contributed by atoms with van der Waals surface area (Å²) < 4.78 is 25.3. The summed E-state index contributed by atoms with van der Waals surface area (Å²) in [6, 6.07) is 6.83. The van der Waals surface area contributed by atoms with Crippen LogP contribution in [0, 0.1) is 11.3 Å². The van der Waals surface area contributed by atoms with Gasteiger partial charge in [-0.3, -0.25) is 4.79 Å². The largest absolute Gasteiger partial charge is 0.319 e. The third-order valence-electron chi connectivity index (χ3n) is 5.08. The molecule has 0 atom stereocenters. The fourth-order valence-corrected chi connectivity index (χ4v) is 6.35. The number of anilines is 1. The van der Waals surface area contributed by atoms with Gasteiger partial charge in [-0.2, -0.15) is 5.26 Å². The van der Waals surface area contributed by atoms with Gasteiger partial charge in [0.25, 0.3) is 0 Å². The van der Waals surface area contributed by atoms with Gasteiger partial charge < -0.3 is 9.88 Å². The minimum Gasteiger partial charge on any atom is -0.319 e. The van der Waals surface area contributed by atoms with E-state index in [2.05, 4.69) is 16.4 Å². The van der Waals surface area contributed by atoms with Crippen molar-refractivity contribution in [1.29, 1.82) is 5.26 Å². The van der Waals surface area contributed by atoms with Crippen molar-refractivity contribution in [3.05, 3.63) is 34.2 Å². The van der Waals surface area contributed by atoms with Crippen LogP contribution in [0.3, 0.4) is 0 Å². The number of imidazole rings is 1. The van der Waals surface area contributed by atoms with Crippen molar-refractivity contribution in [2.75, 3.05) is 11.1 Å². The van der Waals surface area contributed by atoms with E-state index in [1.165, 1.54) is 40.1 Å². The number of aromatic nitrogens is 2. The summed E-state index contributed by atoms with van der Waals surface area (Å²) >= 11 is 2.77. The molecule has 2 heterocycles. The molecule has 2 aromatic heterocycles. The first-order chi connectivity index (χ1) is 14.8. The van der Waals surface area contributed by atoms with E-state index in [9.17, 15) is 18.5 Å². The molecule has 162 valence electrons. The Morgan fingerprint density at radius 3 is 2.94 bits per heavy atom. The van der Waals surface area contributed by atoms with Crippen molar-refractivity contribution in [3.63, 3.8) is 0 Å². The van der Waals surface area contributed by atoms with E-state index < -0.39 is 10.0 Å². The molecule has 0 bridgehead atoms. The number of aryl methyl sites for hydroxylation is 2. The van der Waals surface area contributed by atoms with Crippen molar-refractivity contribution in [3.8, 4) is 6.07 Å². The maximum absolute atomic E-state index is 12.6. The lowest BCUT2D eigenvalue weighted by Gasteiger charge is -2.08. The van der Waals surface area contributed by atoms with E-state index in [0.29, 0.717) is 27.8 Å². The molecule has 0 saturated carbocycles. The highest BCUT2D eigenvalue weighted by atomic mass is 32.2. The summed E-state index contributed by atoms with van der Waals surface area (Å²) in [6.45, 7) is 2.72. The van der Waals surface area contributed by atoms with Gasteiger partial charge in [0, 0.05) is 11.4 Å². The number of nitrogens with zero attached hydrogens (tertiary/aromatic N) is 3. The van der Waals surface area contributed by atoms with E-state index in [4.69, 9.17) is 5.14 Å². The summed E-state index contributed by atoms with van der Waals surface area (Å²) in [7, 11) is -3.82. The minimum atomic E-state index is -3.82. The third kappa shape index (κ3) is 4.34. The summed E-state index contributed by atoms with van der Waals surface area (Å²) in [5, 5.41) is 18.8. The zero-order valence-corrected chi connectivity index (χ0v) is 19.3. The molecule has 0 aliphatic heterocycles. The van der Waals surface area contributed by atoms with Crippen LogP contribution >= 0.6 is 23.1 Å². The molecule has 0 unspecified atom stereocenters. The van der Waals surface area contributed by atoms with Crippen molar-refractivity contribution in [1.82, 2.24) is 9.55 Å². The van der Waals surface area contributed by atoms with Crippen LogP contribution < -0.4 is 10.5 Å². The number of primary sulfonamides is 1. The predicted octanol–water partition coefficient (Wildman–Crippen LogP) is 3.25. The zero-order chi connectivity index (χ0) is 22.2. The first kappa shape index (κ1) is 21.8. The number of thiophene rings is 1. The Bertz CT molecular complexity index is 1320. The number of hydrogen-bond acceptors (Lipinski definition) is 7. The maximum Gasteiger partial charge on any atom is 0.238 e. The predicted molar refractivity (Wildman–Crippen MR) is 122 cm³/mol. The second kappa shape index (κ2) is 8.63.